The van der Waals surface area contributed by atoms with Gasteiger partial charge >= 0.3 is 6.09 Å². The molecule has 5 nitrogen and oxygen atoms in total. The molecule has 0 aromatic heterocycles. The van der Waals surface area contributed by atoms with Gasteiger partial charge in [-0.3, -0.25) is 0 Å². The van der Waals surface area contributed by atoms with Crippen molar-refractivity contribution in [3.05, 3.63) is 23.8 Å². The smallest absolute Gasteiger partial charge is 0.410 e. The first-order chi connectivity index (χ1) is 11.3. The van der Waals surface area contributed by atoms with Crippen LogP contribution in [0.2, 0.25) is 0 Å². The van der Waals surface area contributed by atoms with Gasteiger partial charge in [-0.15, -0.1) is 0 Å². The lowest BCUT2D eigenvalue weighted by Crippen LogP contribution is -2.42. The van der Waals surface area contributed by atoms with Crippen LogP contribution in [-0.2, 0) is 4.74 Å². The van der Waals surface area contributed by atoms with Crippen molar-refractivity contribution in [2.45, 2.75) is 46.1 Å². The molecule has 1 amide bonds. The maximum atomic E-state index is 12.1. The Balaban J connectivity index is 1.80. The monoisotopic (exact) mass is 334 g/mol. The average molecular weight is 334 g/mol. The summed E-state index contributed by atoms with van der Waals surface area (Å²) >= 11 is 0. The van der Waals surface area contributed by atoms with Gasteiger partial charge < -0.3 is 19.7 Å². The molecule has 0 bridgehead atoms. The molecule has 1 saturated heterocycles. The van der Waals surface area contributed by atoms with E-state index in [1.54, 1.807) is 7.11 Å². The van der Waals surface area contributed by atoms with Gasteiger partial charge in [0.1, 0.15) is 11.4 Å². The number of rotatable bonds is 4. The minimum atomic E-state index is -0.431. The van der Waals surface area contributed by atoms with Gasteiger partial charge in [0, 0.05) is 30.9 Å². The fourth-order valence-electron chi connectivity index (χ4n) is 2.93. The normalized spacial score (nSPS) is 16.0. The fraction of sp³-hybridized carbons (Fsp3) is 0.632. The predicted molar refractivity (Wildman–Crippen MR) is 96.8 cm³/mol. The number of amides is 1. The number of benzene rings is 1. The van der Waals surface area contributed by atoms with E-state index in [0.29, 0.717) is 5.92 Å². The summed E-state index contributed by atoms with van der Waals surface area (Å²) in [6.45, 7) is 10.2. The van der Waals surface area contributed by atoms with Crippen LogP contribution in [0.3, 0.4) is 0 Å². The van der Waals surface area contributed by atoms with Gasteiger partial charge in [-0.25, -0.2) is 4.79 Å². The first-order valence-electron chi connectivity index (χ1n) is 8.65. The minimum absolute atomic E-state index is 0.197. The molecule has 24 heavy (non-hydrogen) atoms. The highest BCUT2D eigenvalue weighted by atomic mass is 16.6. The highest BCUT2D eigenvalue weighted by Gasteiger charge is 2.26. The van der Waals surface area contributed by atoms with E-state index in [1.165, 1.54) is 0 Å². The molecule has 0 radical (unpaired) electrons. The number of carbonyl (C=O) groups excluding carboxylic acids is 1. The number of likely N-dealkylation sites (tertiary alicyclic amines) is 1. The number of hydrogen-bond donors (Lipinski definition) is 1. The molecule has 1 aromatic carbocycles. The maximum Gasteiger partial charge on any atom is 0.410 e. The zero-order valence-corrected chi connectivity index (χ0v) is 15.5. The lowest BCUT2D eigenvalue weighted by molar-refractivity contribution is 0.0188. The molecule has 0 spiro atoms. The zero-order valence-electron chi connectivity index (χ0n) is 15.5. The minimum Gasteiger partial charge on any atom is -0.496 e. The molecule has 1 aliphatic heterocycles. The van der Waals surface area contributed by atoms with Crippen LogP contribution in [0, 0.1) is 12.8 Å². The van der Waals surface area contributed by atoms with E-state index in [1.807, 2.05) is 37.8 Å². The van der Waals surface area contributed by atoms with Crippen molar-refractivity contribution in [2.24, 2.45) is 5.92 Å². The molecule has 1 fully saturated rings. The fourth-order valence-corrected chi connectivity index (χ4v) is 2.93. The SMILES string of the molecule is COc1cccc(NCC2CCN(C(=O)OC(C)(C)C)CC2)c1C. The highest BCUT2D eigenvalue weighted by Crippen LogP contribution is 2.26. The summed E-state index contributed by atoms with van der Waals surface area (Å²) in [5, 5.41) is 3.52. The Bertz CT molecular complexity index is 558. The van der Waals surface area contributed by atoms with Crippen molar-refractivity contribution < 1.29 is 14.3 Å². The first-order valence-corrected chi connectivity index (χ1v) is 8.65. The second-order valence-electron chi connectivity index (χ2n) is 7.42. The van der Waals surface area contributed by atoms with Crippen molar-refractivity contribution in [3.63, 3.8) is 0 Å². The van der Waals surface area contributed by atoms with E-state index in [9.17, 15) is 4.79 Å². The second kappa shape index (κ2) is 7.77. The highest BCUT2D eigenvalue weighted by molar-refractivity contribution is 5.68. The number of methoxy groups -OCH3 is 1. The van der Waals surface area contributed by atoms with E-state index in [-0.39, 0.29) is 6.09 Å². The lowest BCUT2D eigenvalue weighted by atomic mass is 9.97. The van der Waals surface area contributed by atoms with E-state index in [4.69, 9.17) is 9.47 Å². The van der Waals surface area contributed by atoms with Crippen LogP contribution in [0.5, 0.6) is 5.75 Å². The van der Waals surface area contributed by atoms with E-state index in [2.05, 4.69) is 18.3 Å². The Hall–Kier alpha value is -1.91. The molecule has 1 aliphatic rings. The summed E-state index contributed by atoms with van der Waals surface area (Å²) in [6, 6.07) is 6.05. The van der Waals surface area contributed by atoms with Gasteiger partial charge in [0.25, 0.3) is 0 Å². The number of ether oxygens (including phenoxy) is 2. The van der Waals surface area contributed by atoms with E-state index >= 15 is 0 Å². The van der Waals surface area contributed by atoms with Crippen molar-refractivity contribution in [1.29, 1.82) is 0 Å². The van der Waals surface area contributed by atoms with Crippen molar-refractivity contribution in [1.82, 2.24) is 4.90 Å². The number of carbonyl (C=O) groups is 1. The Kier molecular flexibility index (Phi) is 5.97. The predicted octanol–water partition coefficient (Wildman–Crippen LogP) is 4.06. The Morgan fingerprint density at radius 3 is 2.54 bits per heavy atom. The van der Waals surface area contributed by atoms with Crippen LogP contribution in [-0.4, -0.2) is 43.3 Å². The van der Waals surface area contributed by atoms with Gasteiger partial charge in [0.2, 0.25) is 0 Å². The van der Waals surface area contributed by atoms with Crippen molar-refractivity contribution in [2.75, 3.05) is 32.1 Å². The van der Waals surface area contributed by atoms with Crippen LogP contribution >= 0.6 is 0 Å². The largest absolute Gasteiger partial charge is 0.496 e. The van der Waals surface area contributed by atoms with Crippen LogP contribution < -0.4 is 10.1 Å². The molecule has 1 aromatic rings. The molecule has 0 unspecified atom stereocenters. The Morgan fingerprint density at radius 1 is 1.29 bits per heavy atom. The number of piperidine rings is 1. The number of nitrogens with one attached hydrogen (secondary N) is 1. The molecular formula is C19H30N2O3. The maximum absolute atomic E-state index is 12.1. The third-order valence-electron chi connectivity index (χ3n) is 4.35. The summed E-state index contributed by atoms with van der Waals surface area (Å²) in [7, 11) is 1.69. The van der Waals surface area contributed by atoms with E-state index < -0.39 is 5.60 Å². The van der Waals surface area contributed by atoms with E-state index in [0.717, 1.165) is 49.5 Å². The van der Waals surface area contributed by atoms with Gasteiger partial charge in [0.05, 0.1) is 7.11 Å². The van der Waals surface area contributed by atoms with Crippen LogP contribution in [0.15, 0.2) is 18.2 Å². The molecule has 134 valence electrons. The summed E-state index contributed by atoms with van der Waals surface area (Å²) < 4.78 is 10.8. The topological polar surface area (TPSA) is 50.8 Å². The Morgan fingerprint density at radius 2 is 1.96 bits per heavy atom. The van der Waals surface area contributed by atoms with Gasteiger partial charge in [-0.1, -0.05) is 6.07 Å². The van der Waals surface area contributed by atoms with Gasteiger partial charge in [0.15, 0.2) is 0 Å². The van der Waals surface area contributed by atoms with Crippen LogP contribution in [0.4, 0.5) is 10.5 Å². The molecule has 5 heteroatoms. The molecule has 0 atom stereocenters. The molecule has 0 saturated carbocycles. The zero-order chi connectivity index (χ0) is 17.7. The first kappa shape index (κ1) is 18.4. The average Bonchev–Trinajstić information content (AvgIpc) is 2.53. The second-order valence-corrected chi connectivity index (χ2v) is 7.42. The summed E-state index contributed by atoms with van der Waals surface area (Å²) in [4.78, 5) is 13.9. The number of nitrogens with zero attached hydrogens (tertiary/aromatic N) is 1. The van der Waals surface area contributed by atoms with Crippen LogP contribution in [0.25, 0.3) is 0 Å². The standard InChI is InChI=1S/C19H30N2O3/c1-14-16(7-6-8-17(14)23-5)20-13-15-9-11-21(12-10-15)18(22)24-19(2,3)4/h6-8,15,20H,9-13H2,1-5H3. The van der Waals surface area contributed by atoms with Crippen molar-refractivity contribution in [3.8, 4) is 5.75 Å². The Labute approximate surface area is 145 Å². The van der Waals surface area contributed by atoms with Gasteiger partial charge in [-0.05, 0) is 58.6 Å². The third kappa shape index (κ3) is 5.05. The van der Waals surface area contributed by atoms with Crippen molar-refractivity contribution >= 4 is 11.8 Å². The molecule has 1 N–H and O–H groups in total. The lowest BCUT2D eigenvalue weighted by Gasteiger charge is -2.33. The van der Waals surface area contributed by atoms with Gasteiger partial charge in [-0.2, -0.15) is 0 Å². The quantitative estimate of drug-likeness (QED) is 0.902. The summed E-state index contributed by atoms with van der Waals surface area (Å²) in [5.41, 5.74) is 1.81. The number of hydrogen-bond acceptors (Lipinski definition) is 4. The summed E-state index contributed by atoms with van der Waals surface area (Å²) in [6.07, 6.45) is 1.79. The summed E-state index contributed by atoms with van der Waals surface area (Å²) in [5.74, 6) is 1.47. The molecule has 0 aliphatic carbocycles. The molecular weight excluding hydrogens is 304 g/mol. The molecule has 1 heterocycles. The van der Waals surface area contributed by atoms with Crippen LogP contribution in [0.1, 0.15) is 39.2 Å². The third-order valence-corrected chi connectivity index (χ3v) is 4.35. The number of anilines is 1. The molecule has 2 rings (SSSR count).